The summed E-state index contributed by atoms with van der Waals surface area (Å²) in [7, 11) is 1.83. The van der Waals surface area contributed by atoms with E-state index in [2.05, 4.69) is 41.2 Å². The van der Waals surface area contributed by atoms with Crippen molar-refractivity contribution < 1.29 is 9.59 Å². The van der Waals surface area contributed by atoms with Crippen molar-refractivity contribution in [3.8, 4) is 11.1 Å². The molecule has 34 heavy (non-hydrogen) atoms. The van der Waals surface area contributed by atoms with Gasteiger partial charge in [-0.3, -0.25) is 19.6 Å². The van der Waals surface area contributed by atoms with Crippen LogP contribution in [-0.2, 0) is 4.79 Å². The lowest BCUT2D eigenvalue weighted by Gasteiger charge is -2.27. The summed E-state index contributed by atoms with van der Waals surface area (Å²) in [5, 5.41) is 0. The molecule has 1 atom stereocenters. The van der Waals surface area contributed by atoms with Crippen LogP contribution in [0.5, 0.6) is 0 Å². The van der Waals surface area contributed by atoms with Crippen molar-refractivity contribution in [1.82, 2.24) is 9.97 Å². The van der Waals surface area contributed by atoms with Gasteiger partial charge in [0, 0.05) is 55.1 Å². The number of carbonyl (C=O) groups is 2. The second-order valence-corrected chi connectivity index (χ2v) is 9.53. The Balaban J connectivity index is 1.66. The summed E-state index contributed by atoms with van der Waals surface area (Å²) < 4.78 is 0. The molecule has 0 aliphatic heterocycles. The number of amides is 1. The van der Waals surface area contributed by atoms with E-state index < -0.39 is 0 Å². The molecule has 176 valence electrons. The zero-order valence-corrected chi connectivity index (χ0v) is 20.3. The quantitative estimate of drug-likeness (QED) is 0.388. The molecule has 1 fully saturated rings. The van der Waals surface area contributed by atoms with Crippen LogP contribution < -0.4 is 4.90 Å². The largest absolute Gasteiger partial charge is 0.315 e. The molecule has 1 heterocycles. The van der Waals surface area contributed by atoms with Crippen molar-refractivity contribution >= 4 is 17.4 Å². The number of ketones is 1. The number of Topliss-reactive ketones (excluding diaryl/α,β-unsaturated/α-hetero) is 1. The van der Waals surface area contributed by atoms with Gasteiger partial charge in [-0.05, 0) is 49.1 Å². The Morgan fingerprint density at radius 2 is 1.74 bits per heavy atom. The molecule has 1 amide bonds. The molecule has 3 aromatic rings. The third kappa shape index (κ3) is 5.58. The maximum atomic E-state index is 13.4. The molecule has 1 aromatic heterocycles. The molecule has 1 aliphatic carbocycles. The molecule has 0 bridgehead atoms. The normalized spacial score (nSPS) is 15.0. The SMILES string of the molecule is Cc1ccc(-c2cc(C(=O)CC(C)c3cnccn3)cc(N(C)C(=O)C3CCCCC3)c2)cc1. The fraction of sp³-hybridized carbons (Fsp3) is 0.379. The summed E-state index contributed by atoms with van der Waals surface area (Å²) in [5.41, 5.74) is 5.34. The molecule has 0 N–H and O–H groups in total. The highest BCUT2D eigenvalue weighted by atomic mass is 16.2. The summed E-state index contributed by atoms with van der Waals surface area (Å²) in [6, 6.07) is 14.1. The van der Waals surface area contributed by atoms with Crippen LogP contribution in [0.25, 0.3) is 11.1 Å². The van der Waals surface area contributed by atoms with Crippen LogP contribution >= 0.6 is 0 Å². The maximum absolute atomic E-state index is 13.4. The molecular formula is C29H33N3O2. The predicted octanol–water partition coefficient (Wildman–Crippen LogP) is 6.37. The van der Waals surface area contributed by atoms with Gasteiger partial charge in [0.1, 0.15) is 0 Å². The highest BCUT2D eigenvalue weighted by molar-refractivity contribution is 6.01. The molecule has 1 aliphatic rings. The molecule has 5 heteroatoms. The third-order valence-electron chi connectivity index (χ3n) is 6.88. The molecule has 0 radical (unpaired) electrons. The van der Waals surface area contributed by atoms with Gasteiger partial charge in [-0.25, -0.2) is 0 Å². The van der Waals surface area contributed by atoms with E-state index >= 15 is 0 Å². The first kappa shape index (κ1) is 23.8. The Morgan fingerprint density at radius 1 is 1.00 bits per heavy atom. The van der Waals surface area contributed by atoms with Gasteiger partial charge in [0.25, 0.3) is 0 Å². The molecule has 1 unspecified atom stereocenters. The summed E-state index contributed by atoms with van der Waals surface area (Å²) >= 11 is 0. The van der Waals surface area contributed by atoms with Crippen molar-refractivity contribution in [1.29, 1.82) is 0 Å². The number of aromatic nitrogens is 2. The van der Waals surface area contributed by atoms with Crippen LogP contribution in [0.2, 0.25) is 0 Å². The molecule has 0 saturated heterocycles. The first-order chi connectivity index (χ1) is 16.4. The number of nitrogens with zero attached hydrogens (tertiary/aromatic N) is 3. The number of hydrogen-bond donors (Lipinski definition) is 0. The van der Waals surface area contributed by atoms with Gasteiger partial charge in [-0.2, -0.15) is 0 Å². The van der Waals surface area contributed by atoms with Crippen LogP contribution in [0.3, 0.4) is 0 Å². The lowest BCUT2D eigenvalue weighted by molar-refractivity contribution is -0.123. The first-order valence-corrected chi connectivity index (χ1v) is 12.2. The van der Waals surface area contributed by atoms with Crippen molar-refractivity contribution in [2.24, 2.45) is 5.92 Å². The smallest absolute Gasteiger partial charge is 0.229 e. The van der Waals surface area contributed by atoms with E-state index in [4.69, 9.17) is 0 Å². The fourth-order valence-corrected chi connectivity index (χ4v) is 4.69. The molecule has 2 aromatic carbocycles. The Morgan fingerprint density at radius 3 is 2.41 bits per heavy atom. The van der Waals surface area contributed by atoms with E-state index in [-0.39, 0.29) is 23.5 Å². The second-order valence-electron chi connectivity index (χ2n) is 9.53. The highest BCUT2D eigenvalue weighted by Crippen LogP contribution is 2.31. The number of rotatable bonds is 7. The molecule has 5 nitrogen and oxygen atoms in total. The van der Waals surface area contributed by atoms with Gasteiger partial charge in [0.15, 0.2) is 5.78 Å². The van der Waals surface area contributed by atoms with Crippen LogP contribution in [-0.4, -0.2) is 28.7 Å². The molecule has 1 saturated carbocycles. The van der Waals surface area contributed by atoms with E-state index in [0.717, 1.165) is 48.2 Å². The van der Waals surface area contributed by atoms with Crippen LogP contribution in [0.15, 0.2) is 61.1 Å². The fourth-order valence-electron chi connectivity index (χ4n) is 4.69. The van der Waals surface area contributed by atoms with E-state index in [1.54, 1.807) is 23.5 Å². The van der Waals surface area contributed by atoms with Crippen LogP contribution in [0, 0.1) is 12.8 Å². The molecule has 4 rings (SSSR count). The van der Waals surface area contributed by atoms with Gasteiger partial charge in [-0.15, -0.1) is 0 Å². The Kier molecular flexibility index (Phi) is 7.51. The minimum Gasteiger partial charge on any atom is -0.315 e. The lowest BCUT2D eigenvalue weighted by atomic mass is 9.88. The van der Waals surface area contributed by atoms with Gasteiger partial charge in [0.2, 0.25) is 5.91 Å². The van der Waals surface area contributed by atoms with Crippen molar-refractivity contribution in [3.05, 3.63) is 77.9 Å². The number of hydrogen-bond acceptors (Lipinski definition) is 4. The minimum absolute atomic E-state index is 0.0341. The Hall–Kier alpha value is -3.34. The van der Waals surface area contributed by atoms with Crippen molar-refractivity contribution in [3.63, 3.8) is 0 Å². The van der Waals surface area contributed by atoms with Gasteiger partial charge >= 0.3 is 0 Å². The van der Waals surface area contributed by atoms with E-state index in [1.807, 2.05) is 32.2 Å². The van der Waals surface area contributed by atoms with E-state index in [9.17, 15) is 9.59 Å². The van der Waals surface area contributed by atoms with Crippen LogP contribution in [0.4, 0.5) is 5.69 Å². The van der Waals surface area contributed by atoms with Crippen molar-refractivity contribution in [2.75, 3.05) is 11.9 Å². The average Bonchev–Trinajstić information content (AvgIpc) is 2.89. The Bertz CT molecular complexity index is 1140. The Labute approximate surface area is 202 Å². The predicted molar refractivity (Wildman–Crippen MR) is 136 cm³/mol. The maximum Gasteiger partial charge on any atom is 0.229 e. The molecule has 0 spiro atoms. The highest BCUT2D eigenvalue weighted by Gasteiger charge is 2.26. The summed E-state index contributed by atoms with van der Waals surface area (Å²) in [6.45, 7) is 4.05. The third-order valence-corrected chi connectivity index (χ3v) is 6.88. The minimum atomic E-state index is -0.0470. The van der Waals surface area contributed by atoms with Crippen LogP contribution in [0.1, 0.15) is 73.0 Å². The number of anilines is 1. The van der Waals surface area contributed by atoms with E-state index in [0.29, 0.717) is 12.0 Å². The summed E-state index contributed by atoms with van der Waals surface area (Å²) in [5.74, 6) is 0.200. The first-order valence-electron chi connectivity index (χ1n) is 12.2. The van der Waals surface area contributed by atoms with E-state index in [1.165, 1.54) is 12.0 Å². The second kappa shape index (κ2) is 10.7. The van der Waals surface area contributed by atoms with Gasteiger partial charge in [0.05, 0.1) is 5.69 Å². The lowest BCUT2D eigenvalue weighted by Crippen LogP contribution is -2.34. The number of carbonyl (C=O) groups excluding carboxylic acids is 2. The zero-order chi connectivity index (χ0) is 24.1. The number of benzene rings is 2. The summed E-state index contributed by atoms with van der Waals surface area (Å²) in [6.07, 6.45) is 10.6. The standard InChI is InChI=1S/C29H33N3O2/c1-20-9-11-22(12-10-20)24-16-25(28(33)15-21(2)27-19-30-13-14-31-27)18-26(17-24)32(3)29(34)23-7-5-4-6-8-23/h9-14,16-19,21,23H,4-8,15H2,1-3H3. The van der Waals surface area contributed by atoms with Gasteiger partial charge in [-0.1, -0.05) is 56.0 Å². The van der Waals surface area contributed by atoms with Gasteiger partial charge < -0.3 is 4.90 Å². The topological polar surface area (TPSA) is 63.2 Å². The van der Waals surface area contributed by atoms with Crippen molar-refractivity contribution in [2.45, 2.75) is 58.3 Å². The molecular weight excluding hydrogens is 422 g/mol. The average molecular weight is 456 g/mol. The monoisotopic (exact) mass is 455 g/mol. The summed E-state index contributed by atoms with van der Waals surface area (Å²) in [4.78, 5) is 36.8. The zero-order valence-electron chi connectivity index (χ0n) is 20.3. The number of aryl methyl sites for hydroxylation is 1.